The predicted octanol–water partition coefficient (Wildman–Crippen LogP) is 1.83. The molecule has 0 saturated carbocycles. The number of hydrogen-bond donors (Lipinski definition) is 3. The van der Waals surface area contributed by atoms with Gasteiger partial charge in [0.25, 0.3) is 0 Å². The van der Waals surface area contributed by atoms with E-state index < -0.39 is 18.0 Å². The number of carbonyl (C=O) groups excluding carboxylic acids is 1. The zero-order valence-electron chi connectivity index (χ0n) is 9.70. The first kappa shape index (κ1) is 13.5. The molecule has 8 heteroatoms. The Morgan fingerprint density at radius 3 is 2.89 bits per heavy atom. The van der Waals surface area contributed by atoms with Crippen molar-refractivity contribution >= 4 is 34.7 Å². The maximum Gasteiger partial charge on any atom is 0.331 e. The summed E-state index contributed by atoms with van der Waals surface area (Å²) in [6.07, 6.45) is 0. The van der Waals surface area contributed by atoms with Gasteiger partial charge in [-0.25, -0.2) is 14.6 Å². The van der Waals surface area contributed by atoms with Crippen LogP contribution in [0.2, 0.25) is 0 Å². The Morgan fingerprint density at radius 1 is 1.47 bits per heavy atom. The fourth-order valence-electron chi connectivity index (χ4n) is 1.39. The zero-order chi connectivity index (χ0) is 13.7. The molecule has 1 unspecified atom stereocenters. The van der Waals surface area contributed by atoms with Gasteiger partial charge in [-0.3, -0.25) is 0 Å². The summed E-state index contributed by atoms with van der Waals surface area (Å²) in [4.78, 5) is 27.4. The monoisotopic (exact) mass is 297 g/mol. The standard InChI is InChI=1S/C11H11N3O3S2/c15-10(16)9(8-2-1-3-19-8)14-11(17)12-4-7-5-18-6-13-7/h1-3,5-6,9H,4H2,(H,15,16)(H2,12,14,17). The van der Waals surface area contributed by atoms with Gasteiger partial charge in [0, 0.05) is 10.3 Å². The molecule has 0 radical (unpaired) electrons. The van der Waals surface area contributed by atoms with Crippen LogP contribution in [0.4, 0.5) is 4.79 Å². The highest BCUT2D eigenvalue weighted by molar-refractivity contribution is 7.10. The number of thiophene rings is 1. The van der Waals surface area contributed by atoms with Crippen LogP contribution in [0.1, 0.15) is 16.6 Å². The minimum absolute atomic E-state index is 0.270. The molecule has 0 aliphatic carbocycles. The average molecular weight is 297 g/mol. The van der Waals surface area contributed by atoms with Gasteiger partial charge in [-0.2, -0.15) is 0 Å². The normalized spacial score (nSPS) is 11.8. The minimum atomic E-state index is -1.09. The van der Waals surface area contributed by atoms with Gasteiger partial charge in [0.05, 0.1) is 17.7 Å². The smallest absolute Gasteiger partial charge is 0.331 e. The molecule has 100 valence electrons. The van der Waals surface area contributed by atoms with Gasteiger partial charge in [-0.05, 0) is 11.4 Å². The van der Waals surface area contributed by atoms with E-state index in [0.29, 0.717) is 4.88 Å². The molecule has 2 amide bonds. The molecule has 1 atom stereocenters. The average Bonchev–Trinajstić information content (AvgIpc) is 3.05. The molecule has 0 fully saturated rings. The van der Waals surface area contributed by atoms with Crippen LogP contribution in [0.25, 0.3) is 0 Å². The summed E-state index contributed by atoms with van der Waals surface area (Å²) in [7, 11) is 0. The lowest BCUT2D eigenvalue weighted by molar-refractivity contribution is -0.139. The van der Waals surface area contributed by atoms with Gasteiger partial charge in [0.2, 0.25) is 0 Å². The third-order valence-electron chi connectivity index (χ3n) is 2.26. The molecule has 0 aromatic carbocycles. The second-order valence-corrected chi connectivity index (χ2v) is 5.29. The van der Waals surface area contributed by atoms with Gasteiger partial charge >= 0.3 is 12.0 Å². The van der Waals surface area contributed by atoms with Crippen LogP contribution in [0.3, 0.4) is 0 Å². The number of thiazole rings is 1. The summed E-state index contributed by atoms with van der Waals surface area (Å²) in [5.74, 6) is -1.09. The minimum Gasteiger partial charge on any atom is -0.479 e. The van der Waals surface area contributed by atoms with E-state index in [1.807, 2.05) is 5.38 Å². The number of aromatic nitrogens is 1. The highest BCUT2D eigenvalue weighted by Crippen LogP contribution is 2.18. The molecule has 0 bridgehead atoms. The summed E-state index contributed by atoms with van der Waals surface area (Å²) in [6.45, 7) is 0.270. The maximum absolute atomic E-state index is 11.6. The molecular weight excluding hydrogens is 286 g/mol. The van der Waals surface area contributed by atoms with Crippen molar-refractivity contribution in [3.8, 4) is 0 Å². The van der Waals surface area contributed by atoms with E-state index in [-0.39, 0.29) is 6.54 Å². The Morgan fingerprint density at radius 2 is 2.32 bits per heavy atom. The maximum atomic E-state index is 11.6. The number of urea groups is 1. The van der Waals surface area contributed by atoms with Crippen LogP contribution < -0.4 is 10.6 Å². The number of aliphatic carboxylic acids is 1. The third-order valence-corrected chi connectivity index (χ3v) is 3.84. The van der Waals surface area contributed by atoms with E-state index in [0.717, 1.165) is 5.69 Å². The van der Waals surface area contributed by atoms with Crippen molar-refractivity contribution in [3.05, 3.63) is 39.0 Å². The number of rotatable bonds is 5. The quantitative estimate of drug-likeness (QED) is 0.785. The number of carboxylic acid groups (broad SMARTS) is 1. The molecule has 2 heterocycles. The van der Waals surface area contributed by atoms with E-state index in [9.17, 15) is 9.59 Å². The summed E-state index contributed by atoms with van der Waals surface area (Å²) < 4.78 is 0. The van der Waals surface area contributed by atoms with Crippen LogP contribution in [-0.2, 0) is 11.3 Å². The fraction of sp³-hybridized carbons (Fsp3) is 0.182. The van der Waals surface area contributed by atoms with Gasteiger partial charge < -0.3 is 15.7 Å². The highest BCUT2D eigenvalue weighted by atomic mass is 32.1. The predicted molar refractivity (Wildman–Crippen MR) is 72.2 cm³/mol. The molecule has 0 aliphatic rings. The molecule has 2 aromatic rings. The lowest BCUT2D eigenvalue weighted by Crippen LogP contribution is -2.40. The van der Waals surface area contributed by atoms with Crippen LogP contribution in [0, 0.1) is 0 Å². The van der Waals surface area contributed by atoms with E-state index in [2.05, 4.69) is 15.6 Å². The molecule has 3 N–H and O–H groups in total. The van der Waals surface area contributed by atoms with Crippen molar-refractivity contribution in [2.45, 2.75) is 12.6 Å². The zero-order valence-corrected chi connectivity index (χ0v) is 11.3. The number of carbonyl (C=O) groups is 2. The van der Waals surface area contributed by atoms with E-state index in [1.54, 1.807) is 23.0 Å². The number of amides is 2. The molecule has 0 spiro atoms. The number of carboxylic acids is 1. The third kappa shape index (κ3) is 3.76. The second kappa shape index (κ2) is 6.30. The first-order valence-corrected chi connectivity index (χ1v) is 7.16. The van der Waals surface area contributed by atoms with Crippen molar-refractivity contribution in [2.75, 3.05) is 0 Å². The van der Waals surface area contributed by atoms with Gasteiger partial charge in [0.15, 0.2) is 6.04 Å². The van der Waals surface area contributed by atoms with Gasteiger partial charge in [-0.1, -0.05) is 6.07 Å². The van der Waals surface area contributed by atoms with Crippen LogP contribution in [-0.4, -0.2) is 22.1 Å². The molecular formula is C11H11N3O3S2. The first-order chi connectivity index (χ1) is 9.16. The molecule has 2 rings (SSSR count). The van der Waals surface area contributed by atoms with Gasteiger partial charge in [0.1, 0.15) is 0 Å². The molecule has 0 saturated heterocycles. The van der Waals surface area contributed by atoms with Crippen LogP contribution >= 0.6 is 22.7 Å². The SMILES string of the molecule is O=C(NCc1cscn1)NC(C(=O)O)c1cccs1. The van der Waals surface area contributed by atoms with Gasteiger partial charge in [-0.15, -0.1) is 22.7 Å². The summed E-state index contributed by atoms with van der Waals surface area (Å²) in [5.41, 5.74) is 2.41. The lowest BCUT2D eigenvalue weighted by Gasteiger charge is -2.13. The van der Waals surface area contributed by atoms with Crippen molar-refractivity contribution in [2.24, 2.45) is 0 Å². The van der Waals surface area contributed by atoms with Crippen molar-refractivity contribution in [3.63, 3.8) is 0 Å². The first-order valence-electron chi connectivity index (χ1n) is 5.34. The Balaban J connectivity index is 1.90. The number of hydrogen-bond acceptors (Lipinski definition) is 5. The molecule has 6 nitrogen and oxygen atoms in total. The topological polar surface area (TPSA) is 91.3 Å². The largest absolute Gasteiger partial charge is 0.479 e. The van der Waals surface area contributed by atoms with Crippen molar-refractivity contribution < 1.29 is 14.7 Å². The van der Waals surface area contributed by atoms with E-state index in [4.69, 9.17) is 5.11 Å². The molecule has 19 heavy (non-hydrogen) atoms. The highest BCUT2D eigenvalue weighted by Gasteiger charge is 2.22. The fourth-order valence-corrected chi connectivity index (χ4v) is 2.71. The summed E-state index contributed by atoms with van der Waals surface area (Å²) in [6, 6.07) is 1.85. The Bertz CT molecular complexity index is 540. The van der Waals surface area contributed by atoms with E-state index in [1.165, 1.54) is 22.7 Å². The molecule has 2 aromatic heterocycles. The number of nitrogens with zero attached hydrogens (tertiary/aromatic N) is 1. The second-order valence-electron chi connectivity index (χ2n) is 3.59. The van der Waals surface area contributed by atoms with Crippen LogP contribution in [0.5, 0.6) is 0 Å². The molecule has 0 aliphatic heterocycles. The Hall–Kier alpha value is -1.93. The lowest BCUT2D eigenvalue weighted by atomic mass is 10.2. The van der Waals surface area contributed by atoms with Crippen LogP contribution in [0.15, 0.2) is 28.4 Å². The van der Waals surface area contributed by atoms with Crippen molar-refractivity contribution in [1.29, 1.82) is 0 Å². The number of nitrogens with one attached hydrogen (secondary N) is 2. The van der Waals surface area contributed by atoms with Crippen molar-refractivity contribution in [1.82, 2.24) is 15.6 Å². The summed E-state index contributed by atoms with van der Waals surface area (Å²) in [5, 5.41) is 17.7. The Labute approximate surface area is 117 Å². The summed E-state index contributed by atoms with van der Waals surface area (Å²) >= 11 is 2.72. The Kier molecular flexibility index (Phi) is 4.48. The van der Waals surface area contributed by atoms with E-state index >= 15 is 0 Å².